The molecule has 1 aromatic heterocycles. The number of hydrogen-bond donors (Lipinski definition) is 0. The van der Waals surface area contributed by atoms with Crippen LogP contribution in [0.1, 0.15) is 135 Å². The Kier molecular flexibility index (Phi) is 54.3. The van der Waals surface area contributed by atoms with Gasteiger partial charge in [-0.3, -0.25) is 4.79 Å². The van der Waals surface area contributed by atoms with Crippen LogP contribution in [0.5, 0.6) is 0 Å². The van der Waals surface area contributed by atoms with Gasteiger partial charge in [-0.05, 0) is 69.9 Å². The molecule has 64 heavy (non-hydrogen) atoms. The van der Waals surface area contributed by atoms with E-state index in [0.29, 0.717) is 55.7 Å². The van der Waals surface area contributed by atoms with Gasteiger partial charge in [0.1, 0.15) is 5.82 Å². The number of unbranched alkanes of at least 4 members (excludes halogenated alkanes) is 10. The molecule has 0 amide bonds. The van der Waals surface area contributed by atoms with Gasteiger partial charge in [0.15, 0.2) is 0 Å². The molecule has 0 spiro atoms. The topological polar surface area (TPSA) is 181 Å². The lowest BCUT2D eigenvalue weighted by molar-refractivity contribution is -0.141. The van der Waals surface area contributed by atoms with Crippen LogP contribution in [-0.4, -0.2) is 109 Å². The Hall–Kier alpha value is -4.67. The molecule has 0 saturated carbocycles. The smallest absolute Gasteiger partial charge is 0.469 e. The first-order valence-electron chi connectivity index (χ1n) is 22.2. The lowest BCUT2D eigenvalue weighted by Gasteiger charge is -2.01. The summed E-state index contributed by atoms with van der Waals surface area (Å²) in [6.07, 6.45) is 18.6. The van der Waals surface area contributed by atoms with Crippen LogP contribution < -0.4 is 0 Å². The third kappa shape index (κ3) is 48.4. The number of hydrogen-bond acceptors (Lipinski definition) is 15. The number of ether oxygens (including phenoxy) is 8. The van der Waals surface area contributed by atoms with E-state index in [1.807, 2.05) is 6.92 Å². The Morgan fingerprint density at radius 2 is 1.06 bits per heavy atom. The number of esters is 3. The second-order valence-electron chi connectivity index (χ2n) is 13.7. The monoisotopic (exact) mass is 915 g/mol. The maximum absolute atomic E-state index is 13.6. The lowest BCUT2D eigenvalue weighted by Crippen LogP contribution is -2.04. The van der Waals surface area contributed by atoms with Gasteiger partial charge in [-0.25, -0.2) is 18.8 Å². The van der Waals surface area contributed by atoms with E-state index >= 15 is 0 Å². The molecule has 0 aliphatic heterocycles. The van der Waals surface area contributed by atoms with Crippen molar-refractivity contribution in [1.82, 2.24) is 10.1 Å². The largest absolute Gasteiger partial charge is 0.507 e. The van der Waals surface area contributed by atoms with Crippen LogP contribution in [0.15, 0.2) is 48.0 Å². The van der Waals surface area contributed by atoms with Crippen LogP contribution in [0.3, 0.4) is 0 Å². The minimum Gasteiger partial charge on any atom is -0.469 e. The van der Waals surface area contributed by atoms with Gasteiger partial charge in [-0.15, -0.1) is 0 Å². The van der Waals surface area contributed by atoms with E-state index in [4.69, 9.17) is 28.2 Å². The molecule has 0 aliphatic carbocycles. The summed E-state index contributed by atoms with van der Waals surface area (Å²) in [5.74, 6) is -0.360. The molecule has 0 bridgehead atoms. The predicted molar refractivity (Wildman–Crippen MR) is 248 cm³/mol. The molecule has 1 heterocycles. The van der Waals surface area contributed by atoms with Crippen molar-refractivity contribution in [3.8, 4) is 11.4 Å². The zero-order valence-electron chi connectivity index (χ0n) is 40.9. The summed E-state index contributed by atoms with van der Waals surface area (Å²) in [4.78, 5) is 45.7. The van der Waals surface area contributed by atoms with Gasteiger partial charge in [0, 0.05) is 66.6 Å². The second kappa shape index (κ2) is 52.7. The van der Waals surface area contributed by atoms with Crippen LogP contribution in [0, 0.1) is 19.7 Å². The van der Waals surface area contributed by atoms with Gasteiger partial charge >= 0.3 is 24.1 Å². The predicted octanol–water partition coefficient (Wildman–Crippen LogP) is 11.1. The number of aromatic nitrogens is 2. The number of methoxy groups -OCH3 is 5. The Balaban J connectivity index is -0.000000342. The fourth-order valence-corrected chi connectivity index (χ4v) is 4.40. The summed E-state index contributed by atoms with van der Waals surface area (Å²) >= 11 is 0. The van der Waals surface area contributed by atoms with E-state index < -0.39 is 6.16 Å². The number of carbonyl (C=O) groups excluding carboxylic acids is 4. The van der Waals surface area contributed by atoms with Crippen LogP contribution >= 0.6 is 0 Å². The standard InChI is InChI=1S/C10H9FN2O.C10H18O3.C8H14O3.C7H14O2.C7H16O.C6H12O3/c1-6-4-3-5-8(9(6)11)10-12-7(2)14-13-10;1-3-10(11)13-9-7-5-4-6-8-12-2;1-3-8(9)11-7-5-4-6-10-2;1-3-4-5-6-7(8)9-2;1-3-4-5-6-7-8-2;1-3-4-5-9-6(7)8-2/h3-5H,1-2H3;3H,1,4-9H2,2H3;3H,1,4-7H2,2H3;3-6H2,1-2H3;3-7H2,1-2H3;3-5H2,1-2H3. The number of carbonyl (C=O) groups is 4. The maximum atomic E-state index is 13.6. The summed E-state index contributed by atoms with van der Waals surface area (Å²) in [5.41, 5.74) is 0.951. The maximum Gasteiger partial charge on any atom is 0.507 e. The third-order valence-corrected chi connectivity index (χ3v) is 8.07. The molecule has 16 heteroatoms. The lowest BCUT2D eigenvalue weighted by atomic mass is 10.1. The molecular formula is C48H83FN2O13. The molecule has 15 nitrogen and oxygen atoms in total. The van der Waals surface area contributed by atoms with Crippen molar-refractivity contribution in [3.63, 3.8) is 0 Å². The zero-order valence-corrected chi connectivity index (χ0v) is 40.9. The van der Waals surface area contributed by atoms with Gasteiger partial charge in [-0.2, -0.15) is 4.98 Å². The molecule has 0 unspecified atom stereocenters. The van der Waals surface area contributed by atoms with E-state index in [1.54, 1.807) is 53.4 Å². The van der Waals surface area contributed by atoms with Gasteiger partial charge in [0.05, 0.1) is 39.6 Å². The highest BCUT2D eigenvalue weighted by Gasteiger charge is 2.12. The van der Waals surface area contributed by atoms with Crippen LogP contribution in [0.25, 0.3) is 11.4 Å². The van der Waals surface area contributed by atoms with Gasteiger partial charge in [-0.1, -0.05) is 96.2 Å². The minimum atomic E-state index is -0.594. The summed E-state index contributed by atoms with van der Waals surface area (Å²) in [7, 11) is 7.83. The molecular weight excluding hydrogens is 832 g/mol. The van der Waals surface area contributed by atoms with E-state index in [1.165, 1.54) is 46.0 Å². The second-order valence-corrected chi connectivity index (χ2v) is 13.7. The van der Waals surface area contributed by atoms with Crippen molar-refractivity contribution < 1.29 is 66.0 Å². The van der Waals surface area contributed by atoms with E-state index in [9.17, 15) is 23.6 Å². The highest BCUT2D eigenvalue weighted by Crippen LogP contribution is 2.21. The molecule has 0 atom stereocenters. The highest BCUT2D eigenvalue weighted by molar-refractivity contribution is 5.81. The van der Waals surface area contributed by atoms with Crippen LogP contribution in [-0.2, 0) is 52.3 Å². The van der Waals surface area contributed by atoms with E-state index in [2.05, 4.69) is 51.4 Å². The van der Waals surface area contributed by atoms with E-state index in [-0.39, 0.29) is 23.7 Å². The highest BCUT2D eigenvalue weighted by atomic mass is 19.1. The van der Waals surface area contributed by atoms with Crippen molar-refractivity contribution in [3.05, 3.63) is 60.8 Å². The quantitative estimate of drug-likeness (QED) is 0.0357. The molecule has 1 aromatic carbocycles. The molecule has 2 rings (SSSR count). The number of benzene rings is 1. The number of nitrogens with zero attached hydrogens (tertiary/aromatic N) is 2. The van der Waals surface area contributed by atoms with Crippen molar-refractivity contribution in [1.29, 1.82) is 0 Å². The Morgan fingerprint density at radius 1 is 0.609 bits per heavy atom. The van der Waals surface area contributed by atoms with Crippen molar-refractivity contribution in [2.45, 2.75) is 137 Å². The Bertz CT molecular complexity index is 1380. The number of rotatable bonds is 27. The average Bonchev–Trinajstić information content (AvgIpc) is 3.74. The average molecular weight is 915 g/mol. The molecule has 0 aliphatic rings. The molecule has 0 saturated heterocycles. The van der Waals surface area contributed by atoms with Crippen molar-refractivity contribution in [2.75, 3.05) is 75.2 Å². The number of aryl methyl sites for hydroxylation is 2. The number of halogens is 1. The fourth-order valence-electron chi connectivity index (χ4n) is 4.40. The Labute approximate surface area is 384 Å². The Morgan fingerprint density at radius 3 is 1.50 bits per heavy atom. The van der Waals surface area contributed by atoms with E-state index in [0.717, 1.165) is 89.9 Å². The first-order valence-corrected chi connectivity index (χ1v) is 22.2. The zero-order chi connectivity index (χ0) is 49.1. The van der Waals surface area contributed by atoms with Crippen molar-refractivity contribution in [2.24, 2.45) is 0 Å². The minimum absolute atomic E-state index is 0.0940. The third-order valence-electron chi connectivity index (χ3n) is 8.07. The summed E-state index contributed by atoms with van der Waals surface area (Å²) < 4.78 is 55.8. The molecule has 370 valence electrons. The summed E-state index contributed by atoms with van der Waals surface area (Å²) in [5, 5.41) is 3.66. The normalized spacial score (nSPS) is 9.55. The first kappa shape index (κ1) is 65.9. The van der Waals surface area contributed by atoms with Gasteiger partial charge < -0.3 is 42.4 Å². The SMILES string of the molecule is C=CC(=O)OCCCCCCOC.C=CC(=O)OCCCCOC.CCCCCC(=O)OC.CCCCCCOC.CCCCOC(=O)OC.Cc1nc(-c2cccc(C)c2F)no1. The molecule has 2 aromatic rings. The van der Waals surface area contributed by atoms with Crippen molar-refractivity contribution >= 4 is 24.1 Å². The molecule has 0 N–H and O–H groups in total. The van der Waals surface area contributed by atoms with Gasteiger partial charge in [0.25, 0.3) is 0 Å². The molecule has 0 radical (unpaired) electrons. The fraction of sp³-hybridized carbons (Fsp3) is 0.667. The van der Waals surface area contributed by atoms with Gasteiger partial charge in [0.2, 0.25) is 11.7 Å². The first-order chi connectivity index (χ1) is 30.8. The molecule has 0 fully saturated rings. The van der Waals surface area contributed by atoms with Crippen LogP contribution in [0.4, 0.5) is 9.18 Å². The summed E-state index contributed by atoms with van der Waals surface area (Å²) in [6.45, 7) is 20.2. The van der Waals surface area contributed by atoms with Crippen LogP contribution in [0.2, 0.25) is 0 Å². The summed E-state index contributed by atoms with van der Waals surface area (Å²) in [6, 6.07) is 5.10.